The molecule has 2 bridgehead atoms. The quantitative estimate of drug-likeness (QED) is 0.433. The molecule has 0 unspecified atom stereocenters. The Balaban J connectivity index is 1.25. The summed E-state index contributed by atoms with van der Waals surface area (Å²) in [6.45, 7) is 11.5. The average molecular weight is 756 g/mol. The molecule has 1 N–H and O–H groups in total. The van der Waals surface area contributed by atoms with Crippen LogP contribution in [-0.4, -0.2) is 112 Å². The van der Waals surface area contributed by atoms with Gasteiger partial charge in [0.1, 0.15) is 17.9 Å². The number of aromatic nitrogens is 1. The summed E-state index contributed by atoms with van der Waals surface area (Å²) in [5.41, 5.74) is 1.72. The van der Waals surface area contributed by atoms with Crippen LogP contribution in [0, 0.1) is 17.8 Å². The number of carbonyl (C=O) groups excluding carboxylic acids is 1. The first-order valence-electron chi connectivity index (χ1n) is 19.0. The molecule has 11 nitrogen and oxygen atoms in total. The van der Waals surface area contributed by atoms with E-state index >= 15 is 0 Å². The van der Waals surface area contributed by atoms with Gasteiger partial charge in [-0.3, -0.25) is 14.6 Å². The van der Waals surface area contributed by atoms with Crippen LogP contribution in [0.25, 0.3) is 0 Å². The van der Waals surface area contributed by atoms with Crippen LogP contribution in [0.2, 0.25) is 5.02 Å². The highest BCUT2D eigenvalue weighted by Crippen LogP contribution is 2.46. The van der Waals surface area contributed by atoms with E-state index in [2.05, 4.69) is 31.6 Å². The van der Waals surface area contributed by atoms with Crippen molar-refractivity contribution in [1.29, 1.82) is 0 Å². The highest BCUT2D eigenvalue weighted by molar-refractivity contribution is 7.90. The predicted molar refractivity (Wildman–Crippen MR) is 203 cm³/mol. The third kappa shape index (κ3) is 8.03. The number of aryl methyl sites for hydroxylation is 1. The number of rotatable bonds is 3. The van der Waals surface area contributed by atoms with Gasteiger partial charge in [0.2, 0.25) is 10.0 Å². The van der Waals surface area contributed by atoms with Gasteiger partial charge in [-0.05, 0) is 98.6 Å². The molecule has 284 valence electrons. The zero-order valence-electron chi connectivity index (χ0n) is 30.8. The number of piperazine rings is 1. The SMILES string of the molecule is CO[C@@]1(CN2CCN3CCOC[C@@H]3C2)/C=C/C[C@H](C)[C@@H](C)S(=O)(=O)NC(=O)c2ccc3c(n2)N(CCCCc2cc(Cl)ccc2CO3)C[C@@H]2CC[C@H]21. The number of amides is 1. The summed E-state index contributed by atoms with van der Waals surface area (Å²) in [5.74, 6) is 0.689. The van der Waals surface area contributed by atoms with Crippen molar-refractivity contribution in [3.8, 4) is 5.75 Å². The van der Waals surface area contributed by atoms with Crippen molar-refractivity contribution in [2.24, 2.45) is 17.8 Å². The van der Waals surface area contributed by atoms with E-state index < -0.39 is 26.8 Å². The average Bonchev–Trinajstić information content (AvgIpc) is 3.15. The van der Waals surface area contributed by atoms with Gasteiger partial charge in [0.05, 0.1) is 18.5 Å². The number of nitrogens with one attached hydrogen (secondary N) is 1. The Kier molecular flexibility index (Phi) is 11.5. The number of hydrogen-bond acceptors (Lipinski definition) is 10. The first kappa shape index (κ1) is 37.6. The van der Waals surface area contributed by atoms with Gasteiger partial charge in [0, 0.05) is 64.0 Å². The Morgan fingerprint density at radius 3 is 2.73 bits per heavy atom. The maximum Gasteiger partial charge on any atom is 0.283 e. The lowest BCUT2D eigenvalue weighted by molar-refractivity contribution is -0.108. The summed E-state index contributed by atoms with van der Waals surface area (Å²) in [6, 6.07) is 9.61. The standard InChI is InChI=1S/C39H54ClN5O6S/c1-27-7-6-15-39(49-3,26-43-17-18-44-19-20-50-25-33(44)23-43)34-12-10-30(34)22-45-16-5-4-8-29-21-32(40)11-9-31(29)24-51-36-14-13-35(41-37(36)45)38(46)42-52(47,48)28(27)2/h6,9,11,13-15,21,27-28,30,33-34H,4-5,7-8,10,12,16-20,22-26H2,1-3H3,(H,42,46)/b15-6+/t27-,28+,30-,33-,34+,39+/m0/s1. The highest BCUT2D eigenvalue weighted by Gasteiger charge is 2.49. The van der Waals surface area contributed by atoms with Crippen LogP contribution < -0.4 is 14.4 Å². The van der Waals surface area contributed by atoms with Crippen molar-refractivity contribution in [3.63, 3.8) is 0 Å². The van der Waals surface area contributed by atoms with Crippen molar-refractivity contribution in [3.05, 3.63) is 64.3 Å². The fourth-order valence-corrected chi connectivity index (χ4v) is 10.2. The van der Waals surface area contributed by atoms with Crippen molar-refractivity contribution >= 4 is 33.3 Å². The number of anilines is 1. The molecule has 3 fully saturated rings. The lowest BCUT2D eigenvalue weighted by atomic mass is 9.63. The molecule has 5 aliphatic rings. The summed E-state index contributed by atoms with van der Waals surface area (Å²) >= 11 is 6.40. The summed E-state index contributed by atoms with van der Waals surface area (Å²) in [5, 5.41) is -0.105. The van der Waals surface area contributed by atoms with E-state index in [0.717, 1.165) is 83.6 Å². The van der Waals surface area contributed by atoms with Crippen LogP contribution in [0.15, 0.2) is 42.5 Å². The highest BCUT2D eigenvalue weighted by atomic mass is 35.5. The van der Waals surface area contributed by atoms with Crippen molar-refractivity contribution in [2.75, 3.05) is 71.0 Å². The Labute approximate surface area is 314 Å². The Hall–Kier alpha value is -2.74. The summed E-state index contributed by atoms with van der Waals surface area (Å²) in [4.78, 5) is 25.8. The molecule has 5 heterocycles. The van der Waals surface area contributed by atoms with Crippen molar-refractivity contribution in [1.82, 2.24) is 19.5 Å². The lowest BCUT2D eigenvalue weighted by Crippen LogP contribution is -2.62. The third-order valence-electron chi connectivity index (χ3n) is 12.4. The van der Waals surface area contributed by atoms with Gasteiger partial charge in [-0.1, -0.05) is 36.7 Å². The first-order chi connectivity index (χ1) is 25.0. The van der Waals surface area contributed by atoms with Gasteiger partial charge >= 0.3 is 0 Å². The number of sulfonamides is 1. The van der Waals surface area contributed by atoms with E-state index in [1.54, 1.807) is 19.1 Å². The molecule has 7 rings (SSSR count). The Morgan fingerprint density at radius 1 is 1.06 bits per heavy atom. The van der Waals surface area contributed by atoms with Crippen molar-refractivity contribution in [2.45, 2.75) is 75.9 Å². The van der Waals surface area contributed by atoms with Gasteiger partial charge in [0.25, 0.3) is 5.91 Å². The maximum absolute atomic E-state index is 13.6. The van der Waals surface area contributed by atoms with E-state index in [0.29, 0.717) is 54.7 Å². The first-order valence-corrected chi connectivity index (χ1v) is 21.0. The largest absolute Gasteiger partial charge is 0.485 e. The summed E-state index contributed by atoms with van der Waals surface area (Å²) < 4.78 is 48.5. The number of fused-ring (bicyclic) bond motifs is 4. The van der Waals surface area contributed by atoms with Crippen LogP contribution in [0.3, 0.4) is 0 Å². The van der Waals surface area contributed by atoms with E-state index in [1.807, 2.05) is 32.2 Å². The van der Waals surface area contributed by atoms with Crippen molar-refractivity contribution < 1.29 is 27.4 Å². The molecule has 1 saturated carbocycles. The van der Waals surface area contributed by atoms with Gasteiger partial charge in [0.15, 0.2) is 11.6 Å². The zero-order valence-corrected chi connectivity index (χ0v) is 32.3. The second-order valence-electron chi connectivity index (χ2n) is 15.5. The summed E-state index contributed by atoms with van der Waals surface area (Å²) in [6.07, 6.45) is 9.69. The molecule has 0 radical (unpaired) electrons. The smallest absolute Gasteiger partial charge is 0.283 e. The number of methoxy groups -OCH3 is 1. The van der Waals surface area contributed by atoms with E-state index in [-0.39, 0.29) is 17.5 Å². The number of pyridine rings is 1. The number of halogens is 1. The number of ether oxygens (including phenoxy) is 3. The second kappa shape index (κ2) is 15.9. The molecule has 52 heavy (non-hydrogen) atoms. The second-order valence-corrected chi connectivity index (χ2v) is 18.0. The molecule has 0 spiro atoms. The van der Waals surface area contributed by atoms with E-state index in [9.17, 15) is 13.2 Å². The zero-order chi connectivity index (χ0) is 36.5. The number of allylic oxidation sites excluding steroid dienone is 1. The van der Waals surface area contributed by atoms with E-state index in [1.165, 1.54) is 5.56 Å². The number of morpholine rings is 1. The Morgan fingerprint density at radius 2 is 1.92 bits per heavy atom. The number of carbonyl (C=O) groups is 1. The van der Waals surface area contributed by atoms with E-state index in [4.69, 9.17) is 30.8 Å². The fraction of sp³-hybridized carbons (Fsp3) is 0.641. The molecule has 1 amide bonds. The predicted octanol–water partition coefficient (Wildman–Crippen LogP) is 4.93. The molecule has 1 aliphatic carbocycles. The molecule has 2 saturated heterocycles. The van der Waals surface area contributed by atoms with Gasteiger partial charge < -0.3 is 19.1 Å². The maximum atomic E-state index is 13.6. The topological polar surface area (TPSA) is 114 Å². The molecular weight excluding hydrogens is 702 g/mol. The van der Waals surface area contributed by atoms with Gasteiger partial charge in [-0.2, -0.15) is 0 Å². The van der Waals surface area contributed by atoms with Crippen LogP contribution in [-0.2, 0) is 32.5 Å². The molecule has 2 aromatic rings. The molecule has 4 aliphatic heterocycles. The number of benzene rings is 1. The molecule has 13 heteroatoms. The molecule has 1 aromatic heterocycles. The molecular formula is C39H54ClN5O6S. The molecule has 6 atom stereocenters. The van der Waals surface area contributed by atoms with Crippen LogP contribution in [0.5, 0.6) is 5.75 Å². The van der Waals surface area contributed by atoms with Gasteiger partial charge in [-0.25, -0.2) is 18.1 Å². The summed E-state index contributed by atoms with van der Waals surface area (Å²) in [7, 11) is -2.17. The normalized spacial score (nSPS) is 32.4. The fourth-order valence-electron chi connectivity index (χ4n) is 8.78. The minimum absolute atomic E-state index is 0.0482. The Bertz CT molecular complexity index is 1740. The van der Waals surface area contributed by atoms with Crippen LogP contribution in [0.1, 0.15) is 67.6 Å². The number of hydrogen-bond donors (Lipinski definition) is 1. The number of nitrogens with zero attached hydrogens (tertiary/aromatic N) is 4. The van der Waals surface area contributed by atoms with Crippen LogP contribution in [0.4, 0.5) is 5.82 Å². The van der Waals surface area contributed by atoms with Gasteiger partial charge in [-0.15, -0.1) is 0 Å². The van der Waals surface area contributed by atoms with Crippen LogP contribution >= 0.6 is 11.6 Å². The molecule has 1 aromatic carbocycles. The minimum atomic E-state index is -4.00. The minimum Gasteiger partial charge on any atom is -0.485 e. The third-order valence-corrected chi connectivity index (χ3v) is 14.5. The monoisotopic (exact) mass is 755 g/mol. The lowest BCUT2D eigenvalue weighted by Gasteiger charge is -2.52.